The van der Waals surface area contributed by atoms with E-state index in [1.807, 2.05) is 0 Å². The van der Waals surface area contributed by atoms with Gasteiger partial charge in [-0.05, 0) is 31.0 Å². The first-order valence-corrected chi connectivity index (χ1v) is 8.84. The first-order chi connectivity index (χ1) is 12.6. The lowest BCUT2D eigenvalue weighted by molar-refractivity contribution is 0.0225. The number of carbonyl (C=O) groups is 2. The van der Waals surface area contributed by atoms with E-state index in [4.69, 9.17) is 19.9 Å². The number of nitrogens with two attached hydrogens (primary N) is 1. The van der Waals surface area contributed by atoms with E-state index in [1.54, 1.807) is 28.0 Å². The maximum atomic E-state index is 12.6. The Balaban J connectivity index is 1.49. The Morgan fingerprint density at radius 3 is 2.62 bits per heavy atom. The van der Waals surface area contributed by atoms with Gasteiger partial charge in [-0.2, -0.15) is 0 Å². The summed E-state index contributed by atoms with van der Waals surface area (Å²) >= 11 is 0. The molecule has 1 aromatic rings. The predicted molar refractivity (Wildman–Crippen MR) is 95.2 cm³/mol. The first kappa shape index (κ1) is 18.3. The average Bonchev–Trinajstić information content (AvgIpc) is 3.19. The van der Waals surface area contributed by atoms with Crippen molar-refractivity contribution in [1.29, 1.82) is 0 Å². The van der Waals surface area contributed by atoms with E-state index < -0.39 is 0 Å². The number of nitrogens with zero attached hydrogens (tertiary/aromatic N) is 2. The van der Waals surface area contributed by atoms with Crippen LogP contribution in [0.3, 0.4) is 0 Å². The predicted octanol–water partition coefficient (Wildman–Crippen LogP) is 1.35. The van der Waals surface area contributed by atoms with Gasteiger partial charge < -0.3 is 29.7 Å². The van der Waals surface area contributed by atoms with E-state index in [9.17, 15) is 9.59 Å². The monoisotopic (exact) mass is 363 g/mol. The summed E-state index contributed by atoms with van der Waals surface area (Å²) in [7, 11) is 1.51. The molecule has 2 heterocycles. The Hall–Kier alpha value is -2.48. The largest absolute Gasteiger partial charge is 0.495 e. The van der Waals surface area contributed by atoms with Crippen LogP contribution in [0.5, 0.6) is 5.75 Å². The number of hydrogen-bond donors (Lipinski definition) is 1. The molecule has 2 amide bonds. The second kappa shape index (κ2) is 8.27. The van der Waals surface area contributed by atoms with Crippen molar-refractivity contribution in [2.45, 2.75) is 18.9 Å². The number of methoxy groups -OCH3 is 1. The van der Waals surface area contributed by atoms with Gasteiger partial charge in [-0.15, -0.1) is 0 Å². The molecule has 3 rings (SSSR count). The number of hydrogen-bond acceptors (Lipinski definition) is 6. The van der Waals surface area contributed by atoms with Gasteiger partial charge in [0.05, 0.1) is 18.9 Å². The molecule has 1 atom stereocenters. The minimum Gasteiger partial charge on any atom is -0.495 e. The minimum absolute atomic E-state index is 0.0160. The van der Waals surface area contributed by atoms with Crippen LogP contribution in [0.25, 0.3) is 0 Å². The molecule has 1 aromatic carbocycles. The highest BCUT2D eigenvalue weighted by molar-refractivity contribution is 5.95. The fourth-order valence-electron chi connectivity index (χ4n) is 3.15. The zero-order valence-electron chi connectivity index (χ0n) is 15.0. The SMILES string of the molecule is COc1cc(C(=O)N2CCN(C(=O)OCC3CCCO3)CC2)ccc1N. The maximum absolute atomic E-state index is 12.6. The van der Waals surface area contributed by atoms with Crippen molar-refractivity contribution in [3.8, 4) is 5.75 Å². The third-order valence-corrected chi connectivity index (χ3v) is 4.72. The summed E-state index contributed by atoms with van der Waals surface area (Å²) in [5, 5.41) is 0. The zero-order chi connectivity index (χ0) is 18.5. The van der Waals surface area contributed by atoms with Crippen molar-refractivity contribution in [2.24, 2.45) is 0 Å². The van der Waals surface area contributed by atoms with Gasteiger partial charge in [0.25, 0.3) is 5.91 Å². The van der Waals surface area contributed by atoms with Gasteiger partial charge in [0.1, 0.15) is 12.4 Å². The summed E-state index contributed by atoms with van der Waals surface area (Å²) in [5.74, 6) is 0.378. The second-order valence-corrected chi connectivity index (χ2v) is 6.45. The quantitative estimate of drug-likeness (QED) is 0.812. The fraction of sp³-hybridized carbons (Fsp3) is 0.556. The topological polar surface area (TPSA) is 94.3 Å². The lowest BCUT2D eigenvalue weighted by Gasteiger charge is -2.34. The van der Waals surface area contributed by atoms with Gasteiger partial charge in [-0.25, -0.2) is 4.79 Å². The lowest BCUT2D eigenvalue weighted by Crippen LogP contribution is -2.51. The Morgan fingerprint density at radius 2 is 1.96 bits per heavy atom. The third-order valence-electron chi connectivity index (χ3n) is 4.72. The molecule has 0 aromatic heterocycles. The van der Waals surface area contributed by atoms with Crippen LogP contribution in [-0.4, -0.2) is 74.4 Å². The van der Waals surface area contributed by atoms with Crippen LogP contribution in [0.4, 0.5) is 10.5 Å². The van der Waals surface area contributed by atoms with Gasteiger partial charge in [0.2, 0.25) is 0 Å². The van der Waals surface area contributed by atoms with Crippen LogP contribution in [0.15, 0.2) is 18.2 Å². The molecule has 26 heavy (non-hydrogen) atoms. The van der Waals surface area contributed by atoms with E-state index in [2.05, 4.69) is 0 Å². The highest BCUT2D eigenvalue weighted by Crippen LogP contribution is 2.23. The smallest absolute Gasteiger partial charge is 0.409 e. The molecule has 0 bridgehead atoms. The number of nitrogen functional groups attached to an aromatic ring is 1. The van der Waals surface area contributed by atoms with E-state index >= 15 is 0 Å². The van der Waals surface area contributed by atoms with Crippen molar-refractivity contribution >= 4 is 17.7 Å². The van der Waals surface area contributed by atoms with Crippen LogP contribution in [0, 0.1) is 0 Å². The van der Waals surface area contributed by atoms with Crippen molar-refractivity contribution in [3.05, 3.63) is 23.8 Å². The molecule has 142 valence electrons. The summed E-state index contributed by atoms with van der Waals surface area (Å²) in [4.78, 5) is 28.1. The average molecular weight is 363 g/mol. The van der Waals surface area contributed by atoms with Crippen molar-refractivity contribution in [2.75, 3.05) is 52.2 Å². The number of benzene rings is 1. The molecule has 0 saturated carbocycles. The van der Waals surface area contributed by atoms with Crippen molar-refractivity contribution in [3.63, 3.8) is 0 Å². The highest BCUT2D eigenvalue weighted by Gasteiger charge is 2.27. The number of piperazine rings is 1. The second-order valence-electron chi connectivity index (χ2n) is 6.45. The van der Waals surface area contributed by atoms with Crippen molar-refractivity contribution in [1.82, 2.24) is 9.80 Å². The molecule has 2 aliphatic heterocycles. The molecule has 2 fully saturated rings. The van der Waals surface area contributed by atoms with Crippen LogP contribution < -0.4 is 10.5 Å². The number of ether oxygens (including phenoxy) is 3. The maximum Gasteiger partial charge on any atom is 0.409 e. The molecule has 1 unspecified atom stereocenters. The van der Waals surface area contributed by atoms with Crippen LogP contribution in [0.1, 0.15) is 23.2 Å². The summed E-state index contributed by atoms with van der Waals surface area (Å²) in [6, 6.07) is 4.98. The molecule has 2 aliphatic rings. The standard InChI is InChI=1S/C18H25N3O5/c1-24-16-11-13(4-5-15(16)19)17(22)20-6-8-21(9-7-20)18(23)26-12-14-3-2-10-25-14/h4-5,11,14H,2-3,6-10,12,19H2,1H3. The summed E-state index contributed by atoms with van der Waals surface area (Å²) in [6.45, 7) is 2.84. The Labute approximate surface area is 152 Å². The third kappa shape index (κ3) is 4.19. The van der Waals surface area contributed by atoms with Crippen LogP contribution in [-0.2, 0) is 9.47 Å². The van der Waals surface area contributed by atoms with E-state index in [-0.39, 0.29) is 18.1 Å². The number of rotatable bonds is 4. The molecule has 8 heteroatoms. The van der Waals surface area contributed by atoms with Gasteiger partial charge >= 0.3 is 6.09 Å². The fourth-order valence-corrected chi connectivity index (χ4v) is 3.15. The molecular formula is C18H25N3O5. The number of carbonyl (C=O) groups excluding carboxylic acids is 2. The highest BCUT2D eigenvalue weighted by atomic mass is 16.6. The van der Waals surface area contributed by atoms with Crippen molar-refractivity contribution < 1.29 is 23.8 Å². The minimum atomic E-state index is -0.346. The molecule has 0 radical (unpaired) electrons. The first-order valence-electron chi connectivity index (χ1n) is 8.84. The van der Waals surface area contributed by atoms with Crippen LogP contribution in [0.2, 0.25) is 0 Å². The van der Waals surface area contributed by atoms with E-state index in [0.29, 0.717) is 49.8 Å². The van der Waals surface area contributed by atoms with Gasteiger partial charge in [0, 0.05) is 38.3 Å². The lowest BCUT2D eigenvalue weighted by atomic mass is 10.1. The summed E-state index contributed by atoms with van der Waals surface area (Å²) < 4.78 is 15.9. The molecule has 2 N–H and O–H groups in total. The van der Waals surface area contributed by atoms with Gasteiger partial charge in [-0.1, -0.05) is 0 Å². The van der Waals surface area contributed by atoms with E-state index in [1.165, 1.54) is 7.11 Å². The normalized spacial score (nSPS) is 20.1. The summed E-state index contributed by atoms with van der Waals surface area (Å²) in [5.41, 5.74) is 6.79. The Bertz CT molecular complexity index is 652. The molecule has 0 aliphatic carbocycles. The molecule has 0 spiro atoms. The van der Waals surface area contributed by atoms with E-state index in [0.717, 1.165) is 19.4 Å². The molecule has 2 saturated heterocycles. The molecular weight excluding hydrogens is 338 g/mol. The zero-order valence-corrected chi connectivity index (χ0v) is 15.0. The summed E-state index contributed by atoms with van der Waals surface area (Å²) in [6.07, 6.45) is 1.61. The number of anilines is 1. The van der Waals surface area contributed by atoms with Crippen LogP contribution >= 0.6 is 0 Å². The molecule has 8 nitrogen and oxygen atoms in total. The van der Waals surface area contributed by atoms with Gasteiger partial charge in [0.15, 0.2) is 0 Å². The number of amides is 2. The Morgan fingerprint density at radius 1 is 1.23 bits per heavy atom. The Kier molecular flexibility index (Phi) is 5.82. The van der Waals surface area contributed by atoms with Gasteiger partial charge in [-0.3, -0.25) is 4.79 Å².